The molecule has 3 nitrogen and oxygen atoms in total. The van der Waals surface area contributed by atoms with Crippen molar-refractivity contribution < 1.29 is 9.84 Å². The average Bonchev–Trinajstić information content (AvgIpc) is 2.32. The highest BCUT2D eigenvalue weighted by atomic mass is 16.5. The van der Waals surface area contributed by atoms with E-state index in [0.29, 0.717) is 0 Å². The molecule has 0 aliphatic carbocycles. The second-order valence-corrected chi connectivity index (χ2v) is 3.52. The van der Waals surface area contributed by atoms with Crippen LogP contribution in [0.2, 0.25) is 0 Å². The maximum Gasteiger partial charge on any atom is 0.118 e. The van der Waals surface area contributed by atoms with Crippen molar-refractivity contribution in [1.29, 1.82) is 0 Å². The van der Waals surface area contributed by atoms with E-state index in [1.54, 1.807) is 7.11 Å². The monoisotopic (exact) mass is 209 g/mol. The number of hydrogen-bond donors (Lipinski definition) is 2. The summed E-state index contributed by atoms with van der Waals surface area (Å²) in [7, 11) is 1.66. The van der Waals surface area contributed by atoms with Crippen molar-refractivity contribution in [2.45, 2.75) is 18.9 Å². The first-order valence-electron chi connectivity index (χ1n) is 5.30. The predicted octanol–water partition coefficient (Wildman–Crippen LogP) is 1.43. The Hall–Kier alpha value is -1.06. The van der Waals surface area contributed by atoms with E-state index in [9.17, 15) is 0 Å². The van der Waals surface area contributed by atoms with Crippen LogP contribution in [-0.4, -0.2) is 31.4 Å². The molecular weight excluding hydrogens is 190 g/mol. The summed E-state index contributed by atoms with van der Waals surface area (Å²) < 4.78 is 4.91. The number of aliphatic hydroxyl groups is 1. The quantitative estimate of drug-likeness (QED) is 0.735. The largest absolute Gasteiger partial charge is 0.497 e. The molecule has 1 atom stereocenters. The number of β-amino-alcohol motifs (C(OH)–C–C–N with tert-alkyl or cyclic N) is 1. The van der Waals surface area contributed by atoms with Crippen molar-refractivity contribution in [2.75, 3.05) is 20.2 Å². The van der Waals surface area contributed by atoms with Gasteiger partial charge in [-0.3, -0.25) is 0 Å². The Morgan fingerprint density at radius 2 is 2.07 bits per heavy atom. The molecule has 2 N–H and O–H groups in total. The summed E-state index contributed by atoms with van der Waals surface area (Å²) >= 11 is 0. The van der Waals surface area contributed by atoms with Crippen molar-refractivity contribution >= 4 is 0 Å². The van der Waals surface area contributed by atoms with Gasteiger partial charge in [0.05, 0.1) is 13.2 Å². The minimum absolute atomic E-state index is 0.0752. The first kappa shape index (κ1) is 12.0. The van der Waals surface area contributed by atoms with E-state index >= 15 is 0 Å². The molecule has 1 aromatic carbocycles. The summed E-state index contributed by atoms with van der Waals surface area (Å²) in [4.78, 5) is 0. The van der Waals surface area contributed by atoms with Gasteiger partial charge < -0.3 is 15.2 Å². The van der Waals surface area contributed by atoms with Gasteiger partial charge in [0.1, 0.15) is 5.75 Å². The Morgan fingerprint density at radius 3 is 2.40 bits per heavy atom. The Kier molecular flexibility index (Phi) is 5.81. The van der Waals surface area contributed by atoms with Gasteiger partial charge in [0.15, 0.2) is 0 Å². The van der Waals surface area contributed by atoms with Gasteiger partial charge in [0.25, 0.3) is 0 Å². The minimum atomic E-state index is -0.0752. The fraction of sp³-hybridized carbons (Fsp3) is 0.500. The number of nitrogens with one attached hydrogen (secondary N) is 1. The normalized spacial score (nSPS) is 20.0. The van der Waals surface area contributed by atoms with Gasteiger partial charge in [-0.15, -0.1) is 0 Å². The van der Waals surface area contributed by atoms with Crippen molar-refractivity contribution in [2.24, 2.45) is 0 Å². The maximum absolute atomic E-state index is 8.85. The van der Waals surface area contributed by atoms with E-state index in [-0.39, 0.29) is 6.10 Å². The standard InChI is InChI=1S/C7H8O.C5H11NO/c1-8-7-5-3-2-4-6-7;7-5-2-1-3-6-4-5/h2-6H,1H3;5-7H,1-4H2. The zero-order valence-electron chi connectivity index (χ0n) is 9.15. The van der Waals surface area contributed by atoms with Crippen LogP contribution in [0.4, 0.5) is 0 Å². The molecular formula is C12H19NO2. The number of piperidine rings is 1. The molecule has 1 heterocycles. The van der Waals surface area contributed by atoms with Crippen molar-refractivity contribution in [3.63, 3.8) is 0 Å². The van der Waals surface area contributed by atoms with Crippen LogP contribution in [0.1, 0.15) is 12.8 Å². The van der Waals surface area contributed by atoms with Crippen molar-refractivity contribution in [1.82, 2.24) is 5.32 Å². The molecule has 1 unspecified atom stereocenters. The Morgan fingerprint density at radius 1 is 1.33 bits per heavy atom. The zero-order chi connectivity index (χ0) is 10.9. The fourth-order valence-electron chi connectivity index (χ4n) is 1.39. The van der Waals surface area contributed by atoms with E-state index in [0.717, 1.165) is 31.7 Å². The van der Waals surface area contributed by atoms with Crippen LogP contribution in [0.15, 0.2) is 30.3 Å². The van der Waals surface area contributed by atoms with Crippen LogP contribution in [0, 0.1) is 0 Å². The summed E-state index contributed by atoms with van der Waals surface area (Å²) in [5.41, 5.74) is 0. The average molecular weight is 209 g/mol. The molecule has 84 valence electrons. The molecule has 15 heavy (non-hydrogen) atoms. The molecule has 1 saturated heterocycles. The summed E-state index contributed by atoms with van der Waals surface area (Å²) in [6.45, 7) is 1.87. The second-order valence-electron chi connectivity index (χ2n) is 3.52. The first-order chi connectivity index (χ1) is 7.33. The molecule has 1 fully saturated rings. The highest BCUT2D eigenvalue weighted by Crippen LogP contribution is 2.05. The molecule has 0 saturated carbocycles. The zero-order valence-corrected chi connectivity index (χ0v) is 9.15. The Bertz CT molecular complexity index is 245. The lowest BCUT2D eigenvalue weighted by atomic mass is 10.1. The Labute approximate surface area is 91.1 Å². The SMILES string of the molecule is COc1ccccc1.OC1CCCNC1. The number of methoxy groups -OCH3 is 1. The van der Waals surface area contributed by atoms with Gasteiger partial charge in [-0.25, -0.2) is 0 Å². The third-order valence-electron chi connectivity index (χ3n) is 2.25. The molecule has 0 spiro atoms. The van der Waals surface area contributed by atoms with Gasteiger partial charge in [-0.05, 0) is 31.5 Å². The van der Waals surface area contributed by atoms with Crippen LogP contribution in [-0.2, 0) is 0 Å². The maximum atomic E-state index is 8.85. The third-order valence-corrected chi connectivity index (χ3v) is 2.25. The lowest BCUT2D eigenvalue weighted by Gasteiger charge is -2.16. The van der Waals surface area contributed by atoms with Gasteiger partial charge in [0.2, 0.25) is 0 Å². The first-order valence-corrected chi connectivity index (χ1v) is 5.30. The molecule has 0 aromatic heterocycles. The highest BCUT2D eigenvalue weighted by Gasteiger charge is 2.06. The molecule has 1 aliphatic heterocycles. The number of ether oxygens (including phenoxy) is 1. The number of hydrogen-bond acceptors (Lipinski definition) is 3. The van der Waals surface area contributed by atoms with Crippen molar-refractivity contribution in [3.8, 4) is 5.75 Å². The summed E-state index contributed by atoms with van der Waals surface area (Å²) in [6.07, 6.45) is 2.03. The number of para-hydroxylation sites is 1. The van der Waals surface area contributed by atoms with E-state index in [2.05, 4.69) is 5.32 Å². The van der Waals surface area contributed by atoms with Crippen LogP contribution in [0.25, 0.3) is 0 Å². The molecule has 1 aromatic rings. The van der Waals surface area contributed by atoms with E-state index in [1.807, 2.05) is 30.3 Å². The highest BCUT2D eigenvalue weighted by molar-refractivity contribution is 5.20. The molecule has 2 rings (SSSR count). The number of benzene rings is 1. The van der Waals surface area contributed by atoms with Gasteiger partial charge in [0, 0.05) is 6.54 Å². The lowest BCUT2D eigenvalue weighted by molar-refractivity contribution is 0.142. The smallest absolute Gasteiger partial charge is 0.118 e. The summed E-state index contributed by atoms with van der Waals surface area (Å²) in [5.74, 6) is 0.910. The summed E-state index contributed by atoms with van der Waals surface area (Å²) in [6, 6.07) is 9.68. The molecule has 1 aliphatic rings. The lowest BCUT2D eigenvalue weighted by Crippen LogP contribution is -2.33. The molecule has 0 radical (unpaired) electrons. The van der Waals surface area contributed by atoms with E-state index < -0.39 is 0 Å². The van der Waals surface area contributed by atoms with Crippen LogP contribution >= 0.6 is 0 Å². The number of rotatable bonds is 1. The van der Waals surface area contributed by atoms with Gasteiger partial charge >= 0.3 is 0 Å². The van der Waals surface area contributed by atoms with Gasteiger partial charge in [-0.1, -0.05) is 18.2 Å². The number of aliphatic hydroxyl groups excluding tert-OH is 1. The van der Waals surface area contributed by atoms with E-state index in [4.69, 9.17) is 9.84 Å². The molecule has 0 bridgehead atoms. The van der Waals surface area contributed by atoms with Crippen LogP contribution < -0.4 is 10.1 Å². The third kappa shape index (κ3) is 5.40. The van der Waals surface area contributed by atoms with Crippen molar-refractivity contribution in [3.05, 3.63) is 30.3 Å². The second kappa shape index (κ2) is 7.26. The van der Waals surface area contributed by atoms with Crippen LogP contribution in [0.5, 0.6) is 5.75 Å². The van der Waals surface area contributed by atoms with Crippen LogP contribution in [0.3, 0.4) is 0 Å². The Balaban J connectivity index is 0.000000151. The predicted molar refractivity (Wildman–Crippen MR) is 61.1 cm³/mol. The minimum Gasteiger partial charge on any atom is -0.497 e. The molecule has 0 amide bonds. The topological polar surface area (TPSA) is 41.5 Å². The summed E-state index contributed by atoms with van der Waals surface area (Å²) in [5, 5.41) is 11.9. The fourth-order valence-corrected chi connectivity index (χ4v) is 1.39. The van der Waals surface area contributed by atoms with E-state index in [1.165, 1.54) is 0 Å². The molecule has 3 heteroatoms. The van der Waals surface area contributed by atoms with Gasteiger partial charge in [-0.2, -0.15) is 0 Å².